The van der Waals surface area contributed by atoms with Crippen LogP contribution in [0.3, 0.4) is 0 Å². The Morgan fingerprint density at radius 3 is 2.90 bits per heavy atom. The van der Waals surface area contributed by atoms with Crippen molar-refractivity contribution < 1.29 is 14.4 Å². The van der Waals surface area contributed by atoms with Gasteiger partial charge in [-0.1, -0.05) is 11.3 Å². The van der Waals surface area contributed by atoms with Gasteiger partial charge in [-0.2, -0.15) is 5.21 Å². The maximum Gasteiger partial charge on any atom is 0.376 e. The van der Waals surface area contributed by atoms with Crippen molar-refractivity contribution >= 4 is 18.7 Å². The van der Waals surface area contributed by atoms with Crippen molar-refractivity contribution in [2.45, 2.75) is 19.3 Å². The minimum Gasteiger partial charge on any atom is -0.320 e. The van der Waals surface area contributed by atoms with Crippen LogP contribution in [-0.4, -0.2) is 39.8 Å². The number of nitrogens with zero attached hydrogens (tertiary/aromatic N) is 5. The van der Waals surface area contributed by atoms with Gasteiger partial charge in [-0.15, -0.1) is 10.2 Å². The molecule has 0 atom stereocenters. The highest BCUT2D eigenvalue weighted by molar-refractivity contribution is 7.60. The first-order valence-corrected chi connectivity index (χ1v) is 7.90. The minimum absolute atomic E-state index is 0.215. The van der Waals surface area contributed by atoms with E-state index in [-0.39, 0.29) is 5.44 Å². The van der Waals surface area contributed by atoms with Gasteiger partial charge in [0.25, 0.3) is 0 Å². The van der Waals surface area contributed by atoms with Crippen LogP contribution in [0, 0.1) is 0 Å². The summed E-state index contributed by atoms with van der Waals surface area (Å²) in [6.45, 7) is 0. The van der Waals surface area contributed by atoms with Gasteiger partial charge < -0.3 is 14.2 Å². The second-order valence-electron chi connectivity index (χ2n) is 4.59. The second-order valence-corrected chi connectivity index (χ2v) is 6.14. The Morgan fingerprint density at radius 1 is 1.33 bits per heavy atom. The van der Waals surface area contributed by atoms with Crippen LogP contribution in [0.2, 0.25) is 0 Å². The van der Waals surface area contributed by atoms with Crippen LogP contribution < -0.4 is 5.44 Å². The smallest absolute Gasteiger partial charge is 0.320 e. The average Bonchev–Trinajstić information content (AvgIpc) is 3.06. The number of aromatic nitrogens is 6. The van der Waals surface area contributed by atoms with Crippen molar-refractivity contribution in [3.05, 3.63) is 35.9 Å². The Morgan fingerprint density at radius 2 is 2.19 bits per heavy atom. The number of rotatable bonds is 5. The van der Waals surface area contributed by atoms with Crippen LogP contribution >= 0.6 is 7.60 Å². The lowest BCUT2D eigenvalue weighted by Crippen LogP contribution is -2.03. The molecule has 110 valence electrons. The summed E-state index contributed by atoms with van der Waals surface area (Å²) in [4.78, 5) is 22.4. The molecule has 9 nitrogen and oxygen atoms in total. The zero-order valence-electron chi connectivity index (χ0n) is 10.9. The van der Waals surface area contributed by atoms with Crippen molar-refractivity contribution in [1.82, 2.24) is 30.0 Å². The van der Waals surface area contributed by atoms with Gasteiger partial charge in [0, 0.05) is 18.8 Å². The molecule has 3 heterocycles. The van der Waals surface area contributed by atoms with E-state index in [1.165, 1.54) is 6.20 Å². The van der Waals surface area contributed by atoms with Gasteiger partial charge in [-0.3, -0.25) is 4.57 Å². The van der Waals surface area contributed by atoms with Crippen molar-refractivity contribution in [3.8, 4) is 0 Å². The molecule has 0 aliphatic heterocycles. The SMILES string of the molecule is O=P(O)(O)c1cn2cccc(CCCc3nn[nH]n3)c2n1. The van der Waals surface area contributed by atoms with Gasteiger partial charge in [-0.05, 0) is 24.5 Å². The molecule has 3 aromatic heterocycles. The second kappa shape index (κ2) is 5.36. The molecule has 0 aliphatic rings. The first-order valence-electron chi connectivity index (χ1n) is 6.29. The first-order chi connectivity index (χ1) is 10.0. The highest BCUT2D eigenvalue weighted by atomic mass is 31.2. The van der Waals surface area contributed by atoms with Crippen LogP contribution in [0.1, 0.15) is 17.8 Å². The lowest BCUT2D eigenvalue weighted by atomic mass is 10.1. The maximum atomic E-state index is 11.3. The normalized spacial score (nSPS) is 12.1. The lowest BCUT2D eigenvalue weighted by Gasteiger charge is -2.02. The maximum absolute atomic E-state index is 11.3. The van der Waals surface area contributed by atoms with Crippen LogP contribution in [-0.2, 0) is 17.4 Å². The summed E-state index contributed by atoms with van der Waals surface area (Å²) in [6.07, 6.45) is 5.24. The molecule has 0 fully saturated rings. The highest BCUT2D eigenvalue weighted by Crippen LogP contribution is 2.32. The summed E-state index contributed by atoms with van der Waals surface area (Å²) >= 11 is 0. The van der Waals surface area contributed by atoms with Crippen LogP contribution in [0.4, 0.5) is 0 Å². The van der Waals surface area contributed by atoms with E-state index in [1.54, 1.807) is 10.6 Å². The van der Waals surface area contributed by atoms with Gasteiger partial charge >= 0.3 is 7.60 Å². The number of hydrogen-bond donors (Lipinski definition) is 3. The molecule has 0 saturated heterocycles. The van der Waals surface area contributed by atoms with Gasteiger partial charge in [-0.25, -0.2) is 4.98 Å². The van der Waals surface area contributed by atoms with E-state index in [1.807, 2.05) is 12.1 Å². The predicted octanol–water partition coefficient (Wildman–Crippen LogP) is -0.174. The molecule has 0 bridgehead atoms. The van der Waals surface area contributed by atoms with Crippen molar-refractivity contribution in [2.24, 2.45) is 0 Å². The minimum atomic E-state index is -4.34. The topological polar surface area (TPSA) is 129 Å². The monoisotopic (exact) mass is 308 g/mol. The summed E-state index contributed by atoms with van der Waals surface area (Å²) in [6, 6.07) is 3.71. The van der Waals surface area contributed by atoms with Crippen LogP contribution in [0.5, 0.6) is 0 Å². The van der Waals surface area contributed by atoms with E-state index in [0.717, 1.165) is 12.0 Å². The number of H-pyrrole nitrogens is 1. The van der Waals surface area contributed by atoms with Crippen LogP contribution in [0.15, 0.2) is 24.5 Å². The summed E-state index contributed by atoms with van der Waals surface area (Å²) < 4.78 is 12.9. The molecule has 0 spiro atoms. The van der Waals surface area contributed by atoms with E-state index in [9.17, 15) is 14.4 Å². The molecule has 0 unspecified atom stereocenters. The van der Waals surface area contributed by atoms with Crippen LogP contribution in [0.25, 0.3) is 5.65 Å². The van der Waals surface area contributed by atoms with E-state index in [0.29, 0.717) is 24.3 Å². The third-order valence-electron chi connectivity index (χ3n) is 3.09. The molecule has 21 heavy (non-hydrogen) atoms. The third kappa shape index (κ3) is 2.99. The highest BCUT2D eigenvalue weighted by Gasteiger charge is 2.21. The fourth-order valence-corrected chi connectivity index (χ4v) is 2.62. The average molecular weight is 308 g/mol. The zero-order chi connectivity index (χ0) is 14.9. The van der Waals surface area contributed by atoms with Gasteiger partial charge in [0.2, 0.25) is 0 Å². The largest absolute Gasteiger partial charge is 0.376 e. The Balaban J connectivity index is 1.81. The quantitative estimate of drug-likeness (QED) is 0.558. The van der Waals surface area contributed by atoms with E-state index in [2.05, 4.69) is 25.6 Å². The molecule has 0 amide bonds. The van der Waals surface area contributed by atoms with Crippen molar-refractivity contribution in [3.63, 3.8) is 0 Å². The van der Waals surface area contributed by atoms with Crippen molar-refractivity contribution in [1.29, 1.82) is 0 Å². The molecular formula is C11H13N6O3P. The number of imidazole rings is 1. The molecule has 10 heteroatoms. The molecule has 3 rings (SSSR count). The number of nitrogens with one attached hydrogen (secondary N) is 1. The van der Waals surface area contributed by atoms with Crippen molar-refractivity contribution in [2.75, 3.05) is 0 Å². The number of aryl methyl sites for hydroxylation is 2. The molecular weight excluding hydrogens is 295 g/mol. The zero-order valence-corrected chi connectivity index (χ0v) is 11.8. The molecule has 0 aliphatic carbocycles. The molecule has 3 aromatic rings. The van der Waals surface area contributed by atoms with E-state index < -0.39 is 7.60 Å². The van der Waals surface area contributed by atoms with Gasteiger partial charge in [0.15, 0.2) is 11.3 Å². The summed E-state index contributed by atoms with van der Waals surface area (Å²) in [7, 11) is -4.34. The molecule has 0 radical (unpaired) electrons. The first kappa shape index (κ1) is 13.9. The Kier molecular flexibility index (Phi) is 3.54. The van der Waals surface area contributed by atoms with Gasteiger partial charge in [0.05, 0.1) is 0 Å². The lowest BCUT2D eigenvalue weighted by molar-refractivity contribution is 0.386. The summed E-state index contributed by atoms with van der Waals surface area (Å²) in [5.41, 5.74) is 1.26. The predicted molar refractivity (Wildman–Crippen MR) is 73.1 cm³/mol. The standard InChI is InChI=1S/C11H13N6O3P/c18-21(19,20)10-7-17-6-2-4-8(11(17)12-10)3-1-5-9-13-15-16-14-9/h2,4,6-7H,1,3,5H2,(H2,18,19,20)(H,13,14,15,16). The third-order valence-corrected chi connectivity index (χ3v) is 3.90. The molecule has 0 aromatic carbocycles. The Bertz CT molecular complexity index is 794. The van der Waals surface area contributed by atoms with Gasteiger partial charge in [0.1, 0.15) is 5.65 Å². The number of aromatic amines is 1. The number of hydrogen-bond acceptors (Lipinski definition) is 5. The number of pyridine rings is 1. The molecule has 0 saturated carbocycles. The fourth-order valence-electron chi connectivity index (χ4n) is 2.12. The number of tetrazole rings is 1. The molecule has 3 N–H and O–H groups in total. The number of fused-ring (bicyclic) bond motifs is 1. The van der Waals surface area contributed by atoms with E-state index >= 15 is 0 Å². The Labute approximate surface area is 119 Å². The Hall–Kier alpha value is -2.09. The fraction of sp³-hybridized carbons (Fsp3) is 0.273. The summed E-state index contributed by atoms with van der Waals surface area (Å²) in [5.74, 6) is 0.640. The van der Waals surface area contributed by atoms with E-state index in [4.69, 9.17) is 0 Å². The summed E-state index contributed by atoms with van der Waals surface area (Å²) in [5, 5.41) is 13.6.